The summed E-state index contributed by atoms with van der Waals surface area (Å²) in [5.41, 5.74) is 1.15. The van der Waals surface area contributed by atoms with Gasteiger partial charge in [0.25, 0.3) is 0 Å². The maximum atomic E-state index is 9.25. The van der Waals surface area contributed by atoms with Crippen molar-refractivity contribution >= 4 is 5.69 Å². The Hall–Kier alpha value is -1.49. The van der Waals surface area contributed by atoms with Crippen LogP contribution in [0.4, 0.5) is 5.69 Å². The molecule has 1 aromatic rings. The molecule has 2 heteroatoms. The van der Waals surface area contributed by atoms with Gasteiger partial charge in [-0.1, -0.05) is 24.6 Å². The molecule has 0 aliphatic heterocycles. The van der Waals surface area contributed by atoms with E-state index in [2.05, 4.69) is 42.2 Å². The predicted molar refractivity (Wildman–Crippen MR) is 66.2 cm³/mol. The lowest BCUT2D eigenvalue weighted by Gasteiger charge is -2.40. The number of para-hydroxylation sites is 1. The summed E-state index contributed by atoms with van der Waals surface area (Å²) in [6, 6.07) is 12.9. The Morgan fingerprint density at radius 1 is 1.31 bits per heavy atom. The fraction of sp³-hybridized carbons (Fsp3) is 0.500. The number of anilines is 1. The maximum Gasteiger partial charge on any atom is 0.0748 e. The molecular weight excluding hydrogens is 196 g/mol. The molecule has 1 aliphatic rings. The van der Waals surface area contributed by atoms with E-state index in [1.54, 1.807) is 0 Å². The number of nitrogens with zero attached hydrogens (tertiary/aromatic N) is 2. The van der Waals surface area contributed by atoms with Gasteiger partial charge in [-0.05, 0) is 31.9 Å². The quantitative estimate of drug-likeness (QED) is 0.769. The largest absolute Gasteiger partial charge is 0.370 e. The molecule has 0 bridgehead atoms. The average molecular weight is 214 g/mol. The first-order chi connectivity index (χ1) is 7.79. The molecule has 84 valence electrons. The highest BCUT2D eigenvalue weighted by Gasteiger charge is 2.38. The molecule has 0 unspecified atom stereocenters. The average Bonchev–Trinajstić information content (AvgIpc) is 2.30. The van der Waals surface area contributed by atoms with Crippen LogP contribution in [0, 0.1) is 16.7 Å². The van der Waals surface area contributed by atoms with Crippen molar-refractivity contribution in [2.45, 2.75) is 26.2 Å². The standard InChI is InChI=1S/C14H18N2/c1-2-16(13-7-4-3-5-8-13)12-14(11-15)9-6-10-14/h3-5,7-8H,2,6,9-10,12H2,1H3. The molecule has 1 aromatic carbocycles. The molecule has 0 N–H and O–H groups in total. The van der Waals surface area contributed by atoms with E-state index in [1.165, 1.54) is 12.1 Å². The van der Waals surface area contributed by atoms with Crippen molar-refractivity contribution in [2.75, 3.05) is 18.0 Å². The molecule has 0 saturated heterocycles. The van der Waals surface area contributed by atoms with Crippen molar-refractivity contribution in [3.8, 4) is 6.07 Å². The van der Waals surface area contributed by atoms with Crippen LogP contribution >= 0.6 is 0 Å². The summed E-state index contributed by atoms with van der Waals surface area (Å²) in [5, 5.41) is 9.25. The van der Waals surface area contributed by atoms with Crippen molar-refractivity contribution in [3.05, 3.63) is 30.3 Å². The van der Waals surface area contributed by atoms with Gasteiger partial charge in [-0.2, -0.15) is 5.26 Å². The van der Waals surface area contributed by atoms with Gasteiger partial charge in [-0.25, -0.2) is 0 Å². The molecule has 1 saturated carbocycles. The topological polar surface area (TPSA) is 27.0 Å². The van der Waals surface area contributed by atoms with Gasteiger partial charge in [-0.15, -0.1) is 0 Å². The van der Waals surface area contributed by atoms with Gasteiger partial charge >= 0.3 is 0 Å². The van der Waals surface area contributed by atoms with E-state index in [-0.39, 0.29) is 5.41 Å². The van der Waals surface area contributed by atoms with Crippen molar-refractivity contribution < 1.29 is 0 Å². The molecule has 0 amide bonds. The molecule has 2 nitrogen and oxygen atoms in total. The highest BCUT2D eigenvalue weighted by molar-refractivity contribution is 5.46. The summed E-state index contributed by atoms with van der Waals surface area (Å²) >= 11 is 0. The van der Waals surface area contributed by atoms with Gasteiger partial charge in [0, 0.05) is 18.8 Å². The lowest BCUT2D eigenvalue weighted by atomic mass is 9.69. The minimum absolute atomic E-state index is 0.0775. The van der Waals surface area contributed by atoms with Crippen molar-refractivity contribution in [1.82, 2.24) is 0 Å². The van der Waals surface area contributed by atoms with Crippen LogP contribution in [-0.2, 0) is 0 Å². The highest BCUT2D eigenvalue weighted by atomic mass is 15.1. The summed E-state index contributed by atoms with van der Waals surface area (Å²) in [6.07, 6.45) is 3.33. The molecule has 16 heavy (non-hydrogen) atoms. The summed E-state index contributed by atoms with van der Waals surface area (Å²) in [4.78, 5) is 2.31. The molecule has 2 rings (SSSR count). The molecule has 0 atom stereocenters. The number of hydrogen-bond donors (Lipinski definition) is 0. The lowest BCUT2D eigenvalue weighted by Crippen LogP contribution is -2.41. The summed E-state index contributed by atoms with van der Waals surface area (Å²) in [5.74, 6) is 0. The van der Waals surface area contributed by atoms with E-state index >= 15 is 0 Å². The normalized spacial score (nSPS) is 17.2. The molecule has 0 aromatic heterocycles. The summed E-state index contributed by atoms with van der Waals surface area (Å²) < 4.78 is 0. The van der Waals surface area contributed by atoms with E-state index in [0.717, 1.165) is 25.9 Å². The first-order valence-corrected chi connectivity index (χ1v) is 6.01. The fourth-order valence-electron chi connectivity index (χ4n) is 2.30. The lowest BCUT2D eigenvalue weighted by molar-refractivity contribution is 0.221. The zero-order chi connectivity index (χ0) is 11.4. The maximum absolute atomic E-state index is 9.25. The summed E-state index contributed by atoms with van der Waals surface area (Å²) in [6.45, 7) is 3.99. The van der Waals surface area contributed by atoms with E-state index < -0.39 is 0 Å². The van der Waals surface area contributed by atoms with Crippen molar-refractivity contribution in [1.29, 1.82) is 5.26 Å². The van der Waals surface area contributed by atoms with Crippen LogP contribution < -0.4 is 4.90 Å². The van der Waals surface area contributed by atoms with Gasteiger partial charge in [0.05, 0.1) is 11.5 Å². The number of nitriles is 1. The van der Waals surface area contributed by atoms with E-state index in [1.807, 2.05) is 6.07 Å². The van der Waals surface area contributed by atoms with Gasteiger partial charge in [0.2, 0.25) is 0 Å². The minimum Gasteiger partial charge on any atom is -0.370 e. The van der Waals surface area contributed by atoms with Crippen molar-refractivity contribution in [2.24, 2.45) is 5.41 Å². The second-order valence-electron chi connectivity index (χ2n) is 4.60. The SMILES string of the molecule is CCN(CC1(C#N)CCC1)c1ccccc1. The Balaban J connectivity index is 2.10. The third-order valence-corrected chi connectivity index (χ3v) is 3.54. The van der Waals surface area contributed by atoms with Crippen LogP contribution in [0.2, 0.25) is 0 Å². The Bertz CT molecular complexity index is 373. The fourth-order valence-corrected chi connectivity index (χ4v) is 2.30. The van der Waals surface area contributed by atoms with Crippen molar-refractivity contribution in [3.63, 3.8) is 0 Å². The first-order valence-electron chi connectivity index (χ1n) is 6.01. The molecule has 1 fully saturated rings. The Kier molecular flexibility index (Phi) is 3.14. The third kappa shape index (κ3) is 2.04. The van der Waals surface area contributed by atoms with Crippen LogP contribution in [-0.4, -0.2) is 13.1 Å². The van der Waals surface area contributed by atoms with E-state index in [4.69, 9.17) is 0 Å². The molecule has 0 spiro atoms. The zero-order valence-electron chi connectivity index (χ0n) is 9.82. The number of hydrogen-bond acceptors (Lipinski definition) is 2. The van der Waals surface area contributed by atoms with Crippen LogP contribution in [0.3, 0.4) is 0 Å². The first kappa shape index (κ1) is 11.0. The Morgan fingerprint density at radius 2 is 2.00 bits per heavy atom. The molecule has 0 heterocycles. The zero-order valence-corrected chi connectivity index (χ0v) is 9.82. The van der Waals surface area contributed by atoms with Crippen LogP contribution in [0.1, 0.15) is 26.2 Å². The highest BCUT2D eigenvalue weighted by Crippen LogP contribution is 2.41. The Morgan fingerprint density at radius 3 is 2.44 bits per heavy atom. The third-order valence-electron chi connectivity index (χ3n) is 3.54. The van der Waals surface area contributed by atoms with Crippen LogP contribution in [0.5, 0.6) is 0 Å². The van der Waals surface area contributed by atoms with Gasteiger partial charge in [0.1, 0.15) is 0 Å². The van der Waals surface area contributed by atoms with Gasteiger partial charge in [0.15, 0.2) is 0 Å². The van der Waals surface area contributed by atoms with Crippen LogP contribution in [0.15, 0.2) is 30.3 Å². The second-order valence-corrected chi connectivity index (χ2v) is 4.60. The Labute approximate surface area is 97.5 Å². The number of benzene rings is 1. The predicted octanol–water partition coefficient (Wildman–Crippen LogP) is 3.21. The summed E-state index contributed by atoms with van der Waals surface area (Å²) in [7, 11) is 0. The molecule has 1 aliphatic carbocycles. The molecule has 0 radical (unpaired) electrons. The second kappa shape index (κ2) is 4.57. The van der Waals surface area contributed by atoms with Gasteiger partial charge in [-0.3, -0.25) is 0 Å². The van der Waals surface area contributed by atoms with E-state index in [0.29, 0.717) is 0 Å². The smallest absolute Gasteiger partial charge is 0.0748 e. The minimum atomic E-state index is -0.0775. The van der Waals surface area contributed by atoms with E-state index in [9.17, 15) is 5.26 Å². The van der Waals surface area contributed by atoms with Crippen LogP contribution in [0.25, 0.3) is 0 Å². The number of rotatable bonds is 4. The monoisotopic (exact) mass is 214 g/mol. The molecular formula is C14H18N2. The van der Waals surface area contributed by atoms with Gasteiger partial charge < -0.3 is 4.90 Å².